The fourth-order valence-corrected chi connectivity index (χ4v) is 3.91. The van der Waals surface area contributed by atoms with Gasteiger partial charge in [0.05, 0.1) is 17.0 Å². The van der Waals surface area contributed by atoms with Crippen LogP contribution in [0.15, 0.2) is 65.3 Å². The molecule has 1 saturated heterocycles. The van der Waals surface area contributed by atoms with Crippen LogP contribution in [0.4, 0.5) is 11.4 Å². The van der Waals surface area contributed by atoms with Gasteiger partial charge in [-0.05, 0) is 48.9 Å². The van der Waals surface area contributed by atoms with Crippen LogP contribution in [0.25, 0.3) is 0 Å². The normalized spacial score (nSPS) is 13.7. The van der Waals surface area contributed by atoms with Crippen molar-refractivity contribution in [2.75, 3.05) is 43.0 Å². The molecule has 4 rings (SSSR count). The Kier molecular flexibility index (Phi) is 6.66. The van der Waals surface area contributed by atoms with Gasteiger partial charge < -0.3 is 24.3 Å². The van der Waals surface area contributed by atoms with Crippen LogP contribution in [0.3, 0.4) is 0 Å². The van der Waals surface area contributed by atoms with Crippen LogP contribution in [0.1, 0.15) is 16.1 Å². The quantitative estimate of drug-likeness (QED) is 0.604. The minimum atomic E-state index is -0.262. The first-order chi connectivity index (χ1) is 15.5. The van der Waals surface area contributed by atoms with E-state index in [1.54, 1.807) is 23.1 Å². The number of furan rings is 1. The van der Waals surface area contributed by atoms with E-state index < -0.39 is 0 Å². The van der Waals surface area contributed by atoms with E-state index in [9.17, 15) is 9.59 Å². The number of para-hydroxylation sites is 1. The number of ether oxygens (including phenoxy) is 1. The molecule has 0 saturated carbocycles. The lowest BCUT2D eigenvalue weighted by Crippen LogP contribution is -2.48. The fourth-order valence-electron chi connectivity index (χ4n) is 3.61. The number of aryl methyl sites for hydroxylation is 1. The number of rotatable bonds is 6. The van der Waals surface area contributed by atoms with Crippen molar-refractivity contribution in [3.05, 3.63) is 77.2 Å². The Morgan fingerprint density at radius 1 is 1.06 bits per heavy atom. The molecule has 2 amide bonds. The summed E-state index contributed by atoms with van der Waals surface area (Å²) in [7, 11) is 0. The van der Waals surface area contributed by atoms with E-state index in [0.29, 0.717) is 48.4 Å². The Morgan fingerprint density at radius 2 is 1.84 bits per heavy atom. The monoisotopic (exact) mass is 453 g/mol. The summed E-state index contributed by atoms with van der Waals surface area (Å²) >= 11 is 6.50. The second kappa shape index (κ2) is 9.78. The van der Waals surface area contributed by atoms with Crippen molar-refractivity contribution in [1.82, 2.24) is 4.90 Å². The first kappa shape index (κ1) is 21.8. The number of piperazine rings is 1. The van der Waals surface area contributed by atoms with Crippen molar-refractivity contribution >= 4 is 34.8 Å². The Morgan fingerprint density at radius 3 is 2.53 bits per heavy atom. The predicted octanol–water partition coefficient (Wildman–Crippen LogP) is 4.22. The SMILES string of the molecule is Cc1ccccc1OCC(=O)Nc1ccc(N2CCN(C(=O)c3ccco3)CC2)c(Cl)c1. The van der Waals surface area contributed by atoms with E-state index in [1.807, 2.05) is 43.3 Å². The van der Waals surface area contributed by atoms with Crippen LogP contribution >= 0.6 is 11.6 Å². The molecule has 1 fully saturated rings. The van der Waals surface area contributed by atoms with Gasteiger partial charge in [0.25, 0.3) is 11.8 Å². The molecule has 2 heterocycles. The van der Waals surface area contributed by atoms with Crippen molar-refractivity contribution in [2.45, 2.75) is 6.92 Å². The Bertz CT molecular complexity index is 1090. The number of nitrogens with zero attached hydrogens (tertiary/aromatic N) is 2. The van der Waals surface area contributed by atoms with E-state index in [-0.39, 0.29) is 18.4 Å². The van der Waals surface area contributed by atoms with Gasteiger partial charge in [-0.15, -0.1) is 0 Å². The minimum Gasteiger partial charge on any atom is -0.483 e. The van der Waals surface area contributed by atoms with Gasteiger partial charge in [-0.1, -0.05) is 29.8 Å². The molecule has 0 aliphatic carbocycles. The van der Waals surface area contributed by atoms with Crippen molar-refractivity contribution in [3.63, 3.8) is 0 Å². The van der Waals surface area contributed by atoms with Crippen molar-refractivity contribution in [3.8, 4) is 5.75 Å². The summed E-state index contributed by atoms with van der Waals surface area (Å²) in [5.74, 6) is 0.664. The molecule has 0 bridgehead atoms. The number of carbonyl (C=O) groups is 2. The van der Waals surface area contributed by atoms with Crippen LogP contribution in [0.2, 0.25) is 5.02 Å². The summed E-state index contributed by atoms with van der Waals surface area (Å²) in [5.41, 5.74) is 2.44. The van der Waals surface area contributed by atoms with Crippen LogP contribution in [-0.4, -0.2) is 49.5 Å². The second-order valence-corrected chi connectivity index (χ2v) is 7.93. The molecule has 0 spiro atoms. The Hall–Kier alpha value is -3.45. The topological polar surface area (TPSA) is 75.0 Å². The van der Waals surface area contributed by atoms with E-state index in [1.165, 1.54) is 6.26 Å². The third kappa shape index (κ3) is 5.06. The lowest BCUT2D eigenvalue weighted by Gasteiger charge is -2.36. The summed E-state index contributed by atoms with van der Waals surface area (Å²) in [6.07, 6.45) is 1.50. The number of benzene rings is 2. The summed E-state index contributed by atoms with van der Waals surface area (Å²) < 4.78 is 10.8. The number of nitrogens with one attached hydrogen (secondary N) is 1. The Labute approximate surface area is 191 Å². The molecule has 32 heavy (non-hydrogen) atoms. The zero-order valence-electron chi connectivity index (χ0n) is 17.7. The zero-order valence-corrected chi connectivity index (χ0v) is 18.5. The highest BCUT2D eigenvalue weighted by atomic mass is 35.5. The second-order valence-electron chi connectivity index (χ2n) is 7.53. The summed E-state index contributed by atoms with van der Waals surface area (Å²) in [6.45, 7) is 4.30. The maximum atomic E-state index is 12.4. The number of carbonyl (C=O) groups excluding carboxylic acids is 2. The van der Waals surface area contributed by atoms with E-state index in [4.69, 9.17) is 20.8 Å². The van der Waals surface area contributed by atoms with Crippen molar-refractivity contribution in [1.29, 1.82) is 0 Å². The maximum absolute atomic E-state index is 12.4. The van der Waals surface area contributed by atoms with Gasteiger partial charge in [0.2, 0.25) is 0 Å². The average Bonchev–Trinajstić information content (AvgIpc) is 3.33. The molecule has 1 aromatic heterocycles. The fraction of sp³-hybridized carbons (Fsp3) is 0.250. The molecule has 7 nitrogen and oxygen atoms in total. The lowest BCUT2D eigenvalue weighted by atomic mass is 10.2. The number of anilines is 2. The molecule has 1 aliphatic rings. The van der Waals surface area contributed by atoms with Crippen LogP contribution in [-0.2, 0) is 4.79 Å². The molecule has 0 atom stereocenters. The van der Waals surface area contributed by atoms with Gasteiger partial charge in [-0.3, -0.25) is 9.59 Å². The molecule has 3 aromatic rings. The molecular weight excluding hydrogens is 430 g/mol. The maximum Gasteiger partial charge on any atom is 0.289 e. The van der Waals surface area contributed by atoms with Gasteiger partial charge in [0.1, 0.15) is 5.75 Å². The number of amides is 2. The highest BCUT2D eigenvalue weighted by Crippen LogP contribution is 2.30. The number of halogens is 1. The predicted molar refractivity (Wildman–Crippen MR) is 124 cm³/mol. The van der Waals surface area contributed by atoms with Gasteiger partial charge in [-0.25, -0.2) is 0 Å². The smallest absolute Gasteiger partial charge is 0.289 e. The molecule has 1 aliphatic heterocycles. The van der Waals surface area contributed by atoms with Crippen molar-refractivity contribution in [2.24, 2.45) is 0 Å². The molecular formula is C24H24ClN3O4. The van der Waals surface area contributed by atoms with Gasteiger partial charge >= 0.3 is 0 Å². The van der Waals surface area contributed by atoms with Crippen LogP contribution < -0.4 is 15.0 Å². The zero-order chi connectivity index (χ0) is 22.5. The standard InChI is InChI=1S/C24H24ClN3O4/c1-17-5-2-3-6-21(17)32-16-23(29)26-18-8-9-20(19(25)15-18)27-10-12-28(13-11-27)24(30)22-7-4-14-31-22/h2-9,14-15H,10-13,16H2,1H3,(H,26,29). The van der Waals surface area contributed by atoms with E-state index in [2.05, 4.69) is 10.2 Å². The van der Waals surface area contributed by atoms with Crippen LogP contribution in [0, 0.1) is 6.92 Å². The first-order valence-corrected chi connectivity index (χ1v) is 10.7. The molecule has 8 heteroatoms. The van der Waals surface area contributed by atoms with Gasteiger partial charge in [-0.2, -0.15) is 0 Å². The highest BCUT2D eigenvalue weighted by molar-refractivity contribution is 6.33. The summed E-state index contributed by atoms with van der Waals surface area (Å²) in [6, 6.07) is 16.3. The molecule has 2 aromatic carbocycles. The minimum absolute atomic E-state index is 0.0874. The van der Waals surface area contributed by atoms with E-state index in [0.717, 1.165) is 11.3 Å². The van der Waals surface area contributed by atoms with E-state index >= 15 is 0 Å². The molecule has 1 N–H and O–H groups in total. The lowest BCUT2D eigenvalue weighted by molar-refractivity contribution is -0.118. The summed E-state index contributed by atoms with van der Waals surface area (Å²) in [4.78, 5) is 28.6. The number of hydrogen-bond acceptors (Lipinski definition) is 5. The van der Waals surface area contributed by atoms with Gasteiger partial charge in [0.15, 0.2) is 12.4 Å². The first-order valence-electron chi connectivity index (χ1n) is 10.4. The molecule has 0 unspecified atom stereocenters. The average molecular weight is 454 g/mol. The highest BCUT2D eigenvalue weighted by Gasteiger charge is 2.24. The number of hydrogen-bond donors (Lipinski definition) is 1. The largest absolute Gasteiger partial charge is 0.483 e. The molecule has 0 radical (unpaired) electrons. The van der Waals surface area contributed by atoms with Crippen molar-refractivity contribution < 1.29 is 18.7 Å². The third-order valence-electron chi connectivity index (χ3n) is 5.32. The third-order valence-corrected chi connectivity index (χ3v) is 5.63. The molecule has 166 valence electrons. The summed E-state index contributed by atoms with van der Waals surface area (Å²) in [5, 5.41) is 3.35. The van der Waals surface area contributed by atoms with Gasteiger partial charge in [0, 0.05) is 31.9 Å². The van der Waals surface area contributed by atoms with Crippen LogP contribution in [0.5, 0.6) is 5.75 Å². The Balaban J connectivity index is 1.31.